The Balaban J connectivity index is 2.03. The fourth-order valence-electron chi connectivity index (χ4n) is 1.67. The maximum absolute atomic E-state index is 13.4. The molecule has 0 spiro atoms. The smallest absolute Gasteiger partial charge is 0.254 e. The average molecular weight is 263 g/mol. The van der Waals surface area contributed by atoms with Gasteiger partial charge in [-0.2, -0.15) is 0 Å². The predicted octanol–water partition coefficient (Wildman–Crippen LogP) is 2.06. The van der Waals surface area contributed by atoms with Gasteiger partial charge in [-0.3, -0.25) is 4.79 Å². The Hall–Kier alpha value is -2.14. The van der Waals surface area contributed by atoms with Crippen LogP contribution in [0.25, 0.3) is 0 Å². The molecule has 0 bridgehead atoms. The summed E-state index contributed by atoms with van der Waals surface area (Å²) in [6, 6.07) is 8.91. The molecule has 1 heterocycles. The van der Waals surface area contributed by atoms with Gasteiger partial charge in [-0.05, 0) is 31.2 Å². The number of carbonyl (C=O) groups excluding carboxylic acids is 1. The van der Waals surface area contributed by atoms with E-state index in [-0.39, 0.29) is 12.1 Å². The Morgan fingerprint density at radius 1 is 1.37 bits per heavy atom. The topological polar surface area (TPSA) is 62.5 Å². The molecule has 1 amide bonds. The first-order chi connectivity index (χ1) is 9.00. The lowest BCUT2D eigenvalue weighted by atomic mass is 10.0. The maximum Gasteiger partial charge on any atom is 0.254 e. The minimum atomic E-state index is -1.34. The third kappa shape index (κ3) is 3.00. The second-order valence-corrected chi connectivity index (χ2v) is 4.41. The first-order valence-corrected chi connectivity index (χ1v) is 5.80. The van der Waals surface area contributed by atoms with Crippen LogP contribution in [0.5, 0.6) is 0 Å². The molecule has 1 aromatic carbocycles. The van der Waals surface area contributed by atoms with E-state index in [2.05, 4.69) is 5.32 Å². The highest BCUT2D eigenvalue weighted by atomic mass is 19.1. The van der Waals surface area contributed by atoms with Gasteiger partial charge in [0.05, 0.1) is 18.4 Å². The summed E-state index contributed by atoms with van der Waals surface area (Å²) in [5.74, 6) is -0.844. The fraction of sp³-hybridized carbons (Fsp3) is 0.214. The number of nitrogens with one attached hydrogen (secondary N) is 1. The second kappa shape index (κ2) is 5.24. The zero-order valence-corrected chi connectivity index (χ0v) is 10.4. The van der Waals surface area contributed by atoms with Crippen LogP contribution in [0, 0.1) is 5.82 Å². The molecule has 0 aliphatic carbocycles. The summed E-state index contributed by atoms with van der Waals surface area (Å²) in [5, 5.41) is 12.6. The SMILES string of the molecule is CC(O)(CNC(=O)c1ccccc1F)c1ccco1. The minimum Gasteiger partial charge on any atom is -0.466 e. The van der Waals surface area contributed by atoms with Gasteiger partial charge in [0.1, 0.15) is 17.2 Å². The van der Waals surface area contributed by atoms with Crippen molar-refractivity contribution in [2.75, 3.05) is 6.54 Å². The van der Waals surface area contributed by atoms with E-state index in [9.17, 15) is 14.3 Å². The van der Waals surface area contributed by atoms with Crippen LogP contribution in [-0.4, -0.2) is 17.6 Å². The largest absolute Gasteiger partial charge is 0.466 e. The van der Waals surface area contributed by atoms with E-state index in [1.165, 1.54) is 31.4 Å². The zero-order chi connectivity index (χ0) is 13.9. The van der Waals surface area contributed by atoms with E-state index < -0.39 is 17.3 Å². The van der Waals surface area contributed by atoms with E-state index in [0.717, 1.165) is 0 Å². The van der Waals surface area contributed by atoms with Crippen molar-refractivity contribution in [1.29, 1.82) is 0 Å². The molecule has 0 aliphatic heterocycles. The van der Waals surface area contributed by atoms with Crippen molar-refractivity contribution in [1.82, 2.24) is 5.32 Å². The Morgan fingerprint density at radius 3 is 2.74 bits per heavy atom. The molecule has 5 heteroatoms. The molecule has 100 valence electrons. The highest BCUT2D eigenvalue weighted by Gasteiger charge is 2.27. The second-order valence-electron chi connectivity index (χ2n) is 4.41. The molecule has 0 radical (unpaired) electrons. The van der Waals surface area contributed by atoms with Crippen LogP contribution in [0.2, 0.25) is 0 Å². The van der Waals surface area contributed by atoms with Crippen molar-refractivity contribution < 1.29 is 18.7 Å². The number of amides is 1. The lowest BCUT2D eigenvalue weighted by Crippen LogP contribution is -2.38. The van der Waals surface area contributed by atoms with E-state index in [4.69, 9.17) is 4.42 Å². The minimum absolute atomic E-state index is 0.0576. The predicted molar refractivity (Wildman–Crippen MR) is 67.0 cm³/mol. The third-order valence-corrected chi connectivity index (χ3v) is 2.76. The monoisotopic (exact) mass is 263 g/mol. The van der Waals surface area contributed by atoms with Crippen molar-refractivity contribution in [2.45, 2.75) is 12.5 Å². The number of hydrogen-bond donors (Lipinski definition) is 2. The Morgan fingerprint density at radius 2 is 2.11 bits per heavy atom. The lowest BCUT2D eigenvalue weighted by molar-refractivity contribution is 0.0329. The lowest BCUT2D eigenvalue weighted by Gasteiger charge is -2.21. The van der Waals surface area contributed by atoms with Crippen LogP contribution in [0.15, 0.2) is 47.1 Å². The van der Waals surface area contributed by atoms with Gasteiger partial charge in [-0.15, -0.1) is 0 Å². The maximum atomic E-state index is 13.4. The van der Waals surface area contributed by atoms with Gasteiger partial charge < -0.3 is 14.8 Å². The van der Waals surface area contributed by atoms with E-state index >= 15 is 0 Å². The Labute approximate surface area is 109 Å². The van der Waals surface area contributed by atoms with Gasteiger partial charge in [-0.25, -0.2) is 4.39 Å². The molecule has 0 saturated heterocycles. The quantitative estimate of drug-likeness (QED) is 0.887. The Bertz CT molecular complexity index is 564. The average Bonchev–Trinajstić information content (AvgIpc) is 2.91. The van der Waals surface area contributed by atoms with Gasteiger partial charge in [0, 0.05) is 0 Å². The van der Waals surface area contributed by atoms with Crippen molar-refractivity contribution in [3.05, 3.63) is 59.8 Å². The number of aliphatic hydroxyl groups is 1. The molecule has 1 atom stereocenters. The first kappa shape index (κ1) is 13.3. The number of rotatable bonds is 4. The van der Waals surface area contributed by atoms with Gasteiger partial charge in [-0.1, -0.05) is 12.1 Å². The number of benzene rings is 1. The van der Waals surface area contributed by atoms with Crippen LogP contribution < -0.4 is 5.32 Å². The number of hydrogen-bond acceptors (Lipinski definition) is 3. The molecular weight excluding hydrogens is 249 g/mol. The van der Waals surface area contributed by atoms with E-state index in [1.54, 1.807) is 18.2 Å². The molecule has 0 aliphatic rings. The third-order valence-electron chi connectivity index (χ3n) is 2.76. The fourth-order valence-corrected chi connectivity index (χ4v) is 1.67. The summed E-state index contributed by atoms with van der Waals surface area (Å²) in [6.07, 6.45) is 1.43. The van der Waals surface area contributed by atoms with Crippen LogP contribution in [0.3, 0.4) is 0 Å². The number of halogens is 1. The molecule has 2 aromatic rings. The summed E-state index contributed by atoms with van der Waals surface area (Å²) in [5.41, 5.74) is -1.40. The van der Waals surface area contributed by atoms with Crippen LogP contribution in [0.4, 0.5) is 4.39 Å². The van der Waals surface area contributed by atoms with Gasteiger partial charge in [0.25, 0.3) is 5.91 Å². The molecule has 0 saturated carbocycles. The number of furan rings is 1. The van der Waals surface area contributed by atoms with Crippen molar-refractivity contribution >= 4 is 5.91 Å². The highest BCUT2D eigenvalue weighted by Crippen LogP contribution is 2.20. The van der Waals surface area contributed by atoms with Gasteiger partial charge >= 0.3 is 0 Å². The summed E-state index contributed by atoms with van der Waals surface area (Å²) < 4.78 is 18.5. The van der Waals surface area contributed by atoms with Crippen LogP contribution >= 0.6 is 0 Å². The molecule has 2 N–H and O–H groups in total. The van der Waals surface area contributed by atoms with Crippen molar-refractivity contribution in [3.8, 4) is 0 Å². The zero-order valence-electron chi connectivity index (χ0n) is 10.4. The molecule has 0 fully saturated rings. The summed E-state index contributed by atoms with van der Waals surface area (Å²) in [6.45, 7) is 1.43. The molecule has 2 rings (SSSR count). The summed E-state index contributed by atoms with van der Waals surface area (Å²) in [4.78, 5) is 11.8. The Kier molecular flexibility index (Phi) is 3.66. The first-order valence-electron chi connectivity index (χ1n) is 5.80. The van der Waals surface area contributed by atoms with Crippen LogP contribution in [-0.2, 0) is 5.60 Å². The van der Waals surface area contributed by atoms with Crippen molar-refractivity contribution in [3.63, 3.8) is 0 Å². The van der Waals surface area contributed by atoms with Gasteiger partial charge in [0.2, 0.25) is 0 Å². The summed E-state index contributed by atoms with van der Waals surface area (Å²) >= 11 is 0. The summed E-state index contributed by atoms with van der Waals surface area (Å²) in [7, 11) is 0. The van der Waals surface area contributed by atoms with Crippen LogP contribution in [0.1, 0.15) is 23.0 Å². The molecule has 4 nitrogen and oxygen atoms in total. The molecule has 1 unspecified atom stereocenters. The molecular formula is C14H14FNO3. The van der Waals surface area contributed by atoms with E-state index in [0.29, 0.717) is 5.76 Å². The van der Waals surface area contributed by atoms with Gasteiger partial charge in [0.15, 0.2) is 0 Å². The van der Waals surface area contributed by atoms with Crippen molar-refractivity contribution in [2.24, 2.45) is 0 Å². The molecule has 1 aromatic heterocycles. The number of carbonyl (C=O) groups is 1. The highest BCUT2D eigenvalue weighted by molar-refractivity contribution is 5.94. The molecule has 19 heavy (non-hydrogen) atoms. The van der Waals surface area contributed by atoms with E-state index in [1.807, 2.05) is 0 Å². The normalized spacial score (nSPS) is 13.8. The standard InChI is InChI=1S/C14H14FNO3/c1-14(18,12-7-4-8-19-12)9-16-13(17)10-5-2-3-6-11(10)15/h2-8,18H,9H2,1H3,(H,16,17).